The summed E-state index contributed by atoms with van der Waals surface area (Å²) in [5, 5.41) is 11.7. The number of halogens is 1. The summed E-state index contributed by atoms with van der Waals surface area (Å²) in [6, 6.07) is 13.1. The van der Waals surface area contributed by atoms with E-state index in [4.69, 9.17) is 16.3 Å². The Bertz CT molecular complexity index is 1190. The number of nitrogens with zero attached hydrogens (tertiary/aromatic N) is 2. The summed E-state index contributed by atoms with van der Waals surface area (Å²) < 4.78 is 7.63. The van der Waals surface area contributed by atoms with Gasteiger partial charge in [0.15, 0.2) is 0 Å². The quantitative estimate of drug-likeness (QED) is 0.218. The highest BCUT2D eigenvalue weighted by atomic mass is 35.5. The Hall–Kier alpha value is -3.58. The molecule has 8 heteroatoms. The summed E-state index contributed by atoms with van der Waals surface area (Å²) in [6.07, 6.45) is 6.20. The average molecular weight is 481 g/mol. The van der Waals surface area contributed by atoms with Gasteiger partial charge >= 0.3 is 0 Å². The van der Waals surface area contributed by atoms with Crippen LogP contribution in [0.15, 0.2) is 72.8 Å². The smallest absolute Gasteiger partial charge is 0.295 e. The van der Waals surface area contributed by atoms with Gasteiger partial charge in [0.25, 0.3) is 11.7 Å². The molecule has 2 heterocycles. The lowest BCUT2D eigenvalue weighted by Crippen LogP contribution is -2.36. The number of hydrogen-bond acceptors (Lipinski definition) is 4. The number of aliphatic hydroxyl groups excluding tert-OH is 1. The van der Waals surface area contributed by atoms with Crippen molar-refractivity contribution < 1.29 is 24.0 Å². The molecule has 34 heavy (non-hydrogen) atoms. The van der Waals surface area contributed by atoms with E-state index in [1.807, 2.05) is 37.1 Å². The van der Waals surface area contributed by atoms with E-state index in [0.717, 1.165) is 0 Å². The number of nitrogens with one attached hydrogen (secondary N) is 1. The fourth-order valence-electron chi connectivity index (χ4n) is 4.10. The summed E-state index contributed by atoms with van der Waals surface area (Å²) in [6.45, 7) is 4.89. The van der Waals surface area contributed by atoms with Gasteiger partial charge in [-0.05, 0) is 55.8 Å². The summed E-state index contributed by atoms with van der Waals surface area (Å²) >= 11 is 6.07. The van der Waals surface area contributed by atoms with Crippen LogP contribution in [0.5, 0.6) is 5.75 Å². The average Bonchev–Trinajstić information content (AvgIpc) is 3.42. The number of hydrogen-bond donors (Lipinski definition) is 2. The maximum Gasteiger partial charge on any atom is 0.295 e. The lowest BCUT2D eigenvalue weighted by Gasteiger charge is -2.25. The van der Waals surface area contributed by atoms with E-state index < -0.39 is 17.7 Å². The van der Waals surface area contributed by atoms with Crippen LogP contribution in [0.2, 0.25) is 5.02 Å². The second-order valence-corrected chi connectivity index (χ2v) is 8.87. The zero-order chi connectivity index (χ0) is 24.2. The van der Waals surface area contributed by atoms with Crippen LogP contribution in [0.25, 0.3) is 5.76 Å². The van der Waals surface area contributed by atoms with Gasteiger partial charge in [0, 0.05) is 23.6 Å². The van der Waals surface area contributed by atoms with Gasteiger partial charge in [-0.15, -0.1) is 0 Å². The number of carbonyl (C=O) groups is 2. The zero-order valence-electron chi connectivity index (χ0n) is 19.1. The summed E-state index contributed by atoms with van der Waals surface area (Å²) in [5.41, 5.74) is 1.22. The molecule has 0 bridgehead atoms. The number of benzene rings is 2. The fraction of sp³-hybridized carbons (Fsp3) is 0.269. The van der Waals surface area contributed by atoms with Crippen LogP contribution in [-0.2, 0) is 16.1 Å². The first-order valence-electron chi connectivity index (χ1n) is 11.2. The number of H-pyrrole nitrogens is 1. The van der Waals surface area contributed by atoms with Crippen LogP contribution in [0.1, 0.15) is 37.4 Å². The number of carbonyl (C=O) groups excluding carboxylic acids is 2. The largest absolute Gasteiger partial charge is 0.507 e. The van der Waals surface area contributed by atoms with Gasteiger partial charge in [0.2, 0.25) is 6.33 Å². The standard InChI is InChI=1S/C26H26ClN3O4/c1-17(2)34-21-10-6-19(7-11-21)24(31)22-23(18-4-8-20(27)9-5-18)30(26(33)25(22)32)14-3-13-29-15-12-28-16-29/h4-12,15-17,23H,3,13-14H2,1-2H3,(H,31,32)/p+1. The van der Waals surface area contributed by atoms with Gasteiger partial charge in [-0.1, -0.05) is 23.7 Å². The predicted octanol–water partition coefficient (Wildman–Crippen LogP) is 4.25. The third kappa shape index (κ3) is 4.99. The first-order chi connectivity index (χ1) is 16.3. The van der Waals surface area contributed by atoms with Crippen molar-refractivity contribution in [2.75, 3.05) is 6.54 Å². The number of rotatable bonds is 8. The third-order valence-corrected chi connectivity index (χ3v) is 5.90. The number of amides is 1. The molecule has 1 unspecified atom stereocenters. The van der Waals surface area contributed by atoms with E-state index in [1.165, 1.54) is 4.90 Å². The second-order valence-electron chi connectivity index (χ2n) is 8.44. The van der Waals surface area contributed by atoms with Gasteiger partial charge < -0.3 is 14.7 Å². The Labute approximate surface area is 203 Å². The van der Waals surface area contributed by atoms with Gasteiger partial charge in [-0.2, -0.15) is 0 Å². The first-order valence-corrected chi connectivity index (χ1v) is 11.6. The SMILES string of the molecule is CC(C)Oc1ccc(C(O)=C2C(=O)C(=O)N(CCC[n+]3cc[nH]c3)C2c2ccc(Cl)cc2)cc1. The molecule has 1 aliphatic rings. The number of likely N-dealkylation sites (tertiary alicyclic amines) is 1. The molecule has 1 atom stereocenters. The van der Waals surface area contributed by atoms with Crippen molar-refractivity contribution in [1.29, 1.82) is 0 Å². The van der Waals surface area contributed by atoms with Crippen LogP contribution in [0, 0.1) is 0 Å². The van der Waals surface area contributed by atoms with Crippen molar-refractivity contribution >= 4 is 29.1 Å². The highest BCUT2D eigenvalue weighted by Crippen LogP contribution is 2.39. The van der Waals surface area contributed by atoms with Crippen LogP contribution >= 0.6 is 11.6 Å². The molecule has 1 aromatic heterocycles. The van der Waals surface area contributed by atoms with E-state index in [2.05, 4.69) is 4.98 Å². The van der Waals surface area contributed by atoms with Crippen molar-refractivity contribution in [2.24, 2.45) is 0 Å². The third-order valence-electron chi connectivity index (χ3n) is 5.64. The molecule has 176 valence electrons. The molecule has 0 aliphatic carbocycles. The highest BCUT2D eigenvalue weighted by molar-refractivity contribution is 6.46. The van der Waals surface area contributed by atoms with Crippen LogP contribution < -0.4 is 9.30 Å². The van der Waals surface area contributed by atoms with Crippen LogP contribution in [-0.4, -0.2) is 39.3 Å². The minimum atomic E-state index is -0.708. The number of aryl methyl sites for hydroxylation is 1. The van der Waals surface area contributed by atoms with Crippen molar-refractivity contribution in [3.63, 3.8) is 0 Å². The maximum atomic E-state index is 13.1. The number of aliphatic hydroxyl groups is 1. The van der Waals surface area contributed by atoms with E-state index >= 15 is 0 Å². The van der Waals surface area contributed by atoms with Gasteiger partial charge in [0.1, 0.15) is 23.9 Å². The van der Waals surface area contributed by atoms with Crippen molar-refractivity contribution in [3.8, 4) is 5.75 Å². The van der Waals surface area contributed by atoms with Crippen LogP contribution in [0.4, 0.5) is 0 Å². The Morgan fingerprint density at radius 2 is 1.85 bits per heavy atom. The molecule has 7 nitrogen and oxygen atoms in total. The molecule has 2 N–H and O–H groups in total. The van der Waals surface area contributed by atoms with Crippen molar-refractivity contribution in [1.82, 2.24) is 9.88 Å². The lowest BCUT2D eigenvalue weighted by atomic mass is 9.95. The first kappa shape index (κ1) is 23.6. The fourth-order valence-corrected chi connectivity index (χ4v) is 4.23. The zero-order valence-corrected chi connectivity index (χ0v) is 19.8. The predicted molar refractivity (Wildman–Crippen MR) is 128 cm³/mol. The molecule has 2 aromatic carbocycles. The molecule has 1 aliphatic heterocycles. The van der Waals surface area contributed by atoms with Gasteiger partial charge in [-0.25, -0.2) is 4.57 Å². The Kier molecular flexibility index (Phi) is 7.03. The minimum absolute atomic E-state index is 0.0131. The van der Waals surface area contributed by atoms with Gasteiger partial charge in [0.05, 0.1) is 24.3 Å². The highest BCUT2D eigenvalue weighted by Gasteiger charge is 2.45. The molecule has 1 fully saturated rings. The Morgan fingerprint density at radius 1 is 1.15 bits per heavy atom. The minimum Gasteiger partial charge on any atom is -0.507 e. The molecular formula is C26H27ClN3O4+. The van der Waals surface area contributed by atoms with Crippen molar-refractivity contribution in [2.45, 2.75) is 39.0 Å². The topological polar surface area (TPSA) is 86.5 Å². The Morgan fingerprint density at radius 3 is 2.47 bits per heavy atom. The molecule has 3 aromatic rings. The lowest BCUT2D eigenvalue weighted by molar-refractivity contribution is -0.695. The molecule has 1 amide bonds. The van der Waals surface area contributed by atoms with E-state index in [-0.39, 0.29) is 17.4 Å². The molecule has 0 radical (unpaired) electrons. The van der Waals surface area contributed by atoms with E-state index in [1.54, 1.807) is 48.5 Å². The summed E-state index contributed by atoms with van der Waals surface area (Å²) in [4.78, 5) is 30.7. The molecule has 0 saturated carbocycles. The van der Waals surface area contributed by atoms with Gasteiger partial charge in [-0.3, -0.25) is 14.6 Å². The molecular weight excluding hydrogens is 454 g/mol. The molecule has 0 spiro atoms. The normalized spacial score (nSPS) is 17.5. The number of Topliss-reactive ketones (excluding diaryl/α,β-unsaturated/α-hetero) is 1. The summed E-state index contributed by atoms with van der Waals surface area (Å²) in [5.74, 6) is -0.880. The number of imidazole rings is 1. The number of ether oxygens (including phenoxy) is 1. The number of aromatic amines is 1. The Balaban J connectivity index is 1.69. The molecule has 4 rings (SSSR count). The summed E-state index contributed by atoms with van der Waals surface area (Å²) in [7, 11) is 0. The van der Waals surface area contributed by atoms with E-state index in [9.17, 15) is 14.7 Å². The molecule has 1 saturated heterocycles. The second kappa shape index (κ2) is 10.1. The van der Waals surface area contributed by atoms with Crippen molar-refractivity contribution in [3.05, 3.63) is 89.0 Å². The number of aromatic nitrogens is 2. The maximum absolute atomic E-state index is 13.1. The monoisotopic (exact) mass is 480 g/mol. The van der Waals surface area contributed by atoms with E-state index in [0.29, 0.717) is 41.4 Å². The van der Waals surface area contributed by atoms with Crippen LogP contribution in [0.3, 0.4) is 0 Å². The number of ketones is 1.